The highest BCUT2D eigenvalue weighted by molar-refractivity contribution is 8.16. The maximum Gasteiger partial charge on any atom is 0.289 e. The predicted molar refractivity (Wildman–Crippen MR) is 117 cm³/mol. The molecule has 29 heavy (non-hydrogen) atoms. The van der Waals surface area contributed by atoms with Crippen LogP contribution in [0.3, 0.4) is 0 Å². The molecule has 2 aliphatic heterocycles. The highest BCUT2D eigenvalue weighted by Crippen LogP contribution is 2.48. The molecule has 3 aliphatic rings. The Kier molecular flexibility index (Phi) is 6.35. The Labute approximate surface area is 177 Å². The minimum Gasteiger partial charge on any atom is -0.497 e. The highest BCUT2D eigenvalue weighted by Gasteiger charge is 2.53. The summed E-state index contributed by atoms with van der Waals surface area (Å²) < 4.78 is 4.92. The quantitative estimate of drug-likeness (QED) is 0.632. The monoisotopic (exact) mass is 417 g/mol. The van der Waals surface area contributed by atoms with E-state index >= 15 is 0 Å². The van der Waals surface area contributed by atoms with Crippen LogP contribution < -0.4 is 9.64 Å². The van der Waals surface area contributed by atoms with Crippen LogP contribution in [0, 0.1) is 0 Å². The second kappa shape index (κ2) is 8.96. The molecule has 158 valence electrons. The molecule has 1 saturated carbocycles. The summed E-state index contributed by atoms with van der Waals surface area (Å²) in [5.74, 6) is 0.977. The minimum absolute atomic E-state index is 0.0243. The zero-order valence-electron chi connectivity index (χ0n) is 17.3. The fraction of sp³-hybridized carbons (Fsp3) is 0.636. The van der Waals surface area contributed by atoms with Crippen molar-refractivity contribution in [1.29, 1.82) is 0 Å². The van der Waals surface area contributed by atoms with Gasteiger partial charge in [0, 0.05) is 44.5 Å². The number of carbonyl (C=O) groups is 2. The first-order chi connectivity index (χ1) is 14.1. The van der Waals surface area contributed by atoms with Gasteiger partial charge in [-0.25, -0.2) is 0 Å². The predicted octanol–water partition coefficient (Wildman–Crippen LogP) is 3.61. The van der Waals surface area contributed by atoms with E-state index in [4.69, 9.17) is 4.74 Å². The largest absolute Gasteiger partial charge is 0.497 e. The molecule has 2 heterocycles. The van der Waals surface area contributed by atoms with E-state index in [1.807, 2.05) is 12.1 Å². The van der Waals surface area contributed by atoms with Crippen LogP contribution in [0.4, 0.5) is 10.5 Å². The molecule has 0 radical (unpaired) electrons. The normalized spacial score (nSPS) is 22.1. The van der Waals surface area contributed by atoms with Crippen molar-refractivity contribution in [3.63, 3.8) is 0 Å². The van der Waals surface area contributed by atoms with Crippen LogP contribution in [0.15, 0.2) is 24.3 Å². The van der Waals surface area contributed by atoms with E-state index in [0.717, 1.165) is 77.0 Å². The third-order valence-corrected chi connectivity index (χ3v) is 7.81. The summed E-state index contributed by atoms with van der Waals surface area (Å²) in [6.07, 6.45) is 5.80. The molecule has 2 amide bonds. The third-order valence-electron chi connectivity index (χ3n) is 6.45. The molecule has 0 bridgehead atoms. The van der Waals surface area contributed by atoms with E-state index in [-0.39, 0.29) is 11.1 Å². The lowest BCUT2D eigenvalue weighted by Gasteiger charge is -2.36. The zero-order chi connectivity index (χ0) is 20.3. The maximum atomic E-state index is 12.7. The van der Waals surface area contributed by atoms with Gasteiger partial charge in [-0.1, -0.05) is 18.9 Å². The topological polar surface area (TPSA) is 53.1 Å². The molecule has 0 N–H and O–H groups in total. The highest BCUT2D eigenvalue weighted by atomic mass is 32.2. The van der Waals surface area contributed by atoms with E-state index in [1.165, 1.54) is 22.3 Å². The number of rotatable bonds is 7. The first-order valence-corrected chi connectivity index (χ1v) is 11.6. The van der Waals surface area contributed by atoms with Crippen molar-refractivity contribution in [3.05, 3.63) is 24.3 Å². The van der Waals surface area contributed by atoms with E-state index in [0.29, 0.717) is 6.54 Å². The zero-order valence-corrected chi connectivity index (χ0v) is 18.1. The fourth-order valence-corrected chi connectivity index (χ4v) is 6.00. The van der Waals surface area contributed by atoms with Gasteiger partial charge in [-0.15, -0.1) is 0 Å². The Balaban J connectivity index is 1.18. The van der Waals surface area contributed by atoms with Crippen LogP contribution in [-0.4, -0.2) is 72.1 Å². The van der Waals surface area contributed by atoms with Gasteiger partial charge in [-0.05, 0) is 56.1 Å². The number of hydrogen-bond donors (Lipinski definition) is 0. The van der Waals surface area contributed by atoms with Crippen LogP contribution >= 0.6 is 11.8 Å². The number of ether oxygens (including phenoxy) is 1. The number of carbonyl (C=O) groups excluding carboxylic acids is 2. The third kappa shape index (κ3) is 4.40. The number of hydrogen-bond acceptors (Lipinski definition) is 6. The number of amides is 2. The lowest BCUT2D eigenvalue weighted by atomic mass is 10.1. The number of methoxy groups -OCH3 is 1. The summed E-state index contributed by atoms with van der Waals surface area (Å²) in [5.41, 5.74) is 1.22. The van der Waals surface area contributed by atoms with Gasteiger partial charge in [-0.2, -0.15) is 0 Å². The van der Waals surface area contributed by atoms with Crippen LogP contribution in [0.1, 0.15) is 38.5 Å². The van der Waals surface area contributed by atoms with Crippen molar-refractivity contribution in [2.75, 3.05) is 51.3 Å². The van der Waals surface area contributed by atoms with Crippen LogP contribution in [-0.2, 0) is 4.79 Å². The van der Waals surface area contributed by atoms with Gasteiger partial charge in [0.25, 0.3) is 5.24 Å². The molecule has 1 spiro atoms. The Morgan fingerprint density at radius 1 is 1.03 bits per heavy atom. The SMILES string of the molecule is COc1cccc(N2CCN(CCCCN3C(=O)SC4(CCCC4)C3=O)CC2)c1. The summed E-state index contributed by atoms with van der Waals surface area (Å²) >= 11 is 1.29. The Bertz CT molecular complexity index is 743. The Morgan fingerprint density at radius 2 is 1.76 bits per heavy atom. The Morgan fingerprint density at radius 3 is 2.48 bits per heavy atom. The number of benzene rings is 1. The molecule has 6 nitrogen and oxygen atoms in total. The number of thioether (sulfide) groups is 1. The van der Waals surface area contributed by atoms with E-state index < -0.39 is 4.75 Å². The molecule has 0 aromatic heterocycles. The van der Waals surface area contributed by atoms with Gasteiger partial charge < -0.3 is 9.64 Å². The number of imide groups is 1. The lowest BCUT2D eigenvalue weighted by molar-refractivity contribution is -0.129. The Hall–Kier alpha value is -1.73. The van der Waals surface area contributed by atoms with E-state index in [2.05, 4.69) is 21.9 Å². The average molecular weight is 418 g/mol. The molecule has 0 atom stereocenters. The molecule has 1 aliphatic carbocycles. The molecule has 0 unspecified atom stereocenters. The van der Waals surface area contributed by atoms with Crippen LogP contribution in [0.5, 0.6) is 5.75 Å². The van der Waals surface area contributed by atoms with Gasteiger partial charge in [0.2, 0.25) is 5.91 Å². The van der Waals surface area contributed by atoms with Crippen molar-refractivity contribution < 1.29 is 14.3 Å². The lowest BCUT2D eigenvalue weighted by Crippen LogP contribution is -2.46. The van der Waals surface area contributed by atoms with Gasteiger partial charge in [-0.3, -0.25) is 19.4 Å². The van der Waals surface area contributed by atoms with Gasteiger partial charge in [0.15, 0.2) is 0 Å². The number of piperazine rings is 1. The smallest absolute Gasteiger partial charge is 0.289 e. The molecular formula is C22H31N3O3S. The van der Waals surface area contributed by atoms with E-state index in [1.54, 1.807) is 7.11 Å². The van der Waals surface area contributed by atoms with Crippen molar-refractivity contribution in [1.82, 2.24) is 9.80 Å². The molecule has 3 fully saturated rings. The van der Waals surface area contributed by atoms with Crippen molar-refractivity contribution in [2.45, 2.75) is 43.3 Å². The standard InChI is InChI=1S/C22H31N3O3S/c1-28-19-8-6-7-18(17-19)24-15-13-23(14-16-24)11-4-5-12-25-20(26)22(29-21(25)27)9-2-3-10-22/h6-8,17H,2-5,9-16H2,1H3. The number of nitrogens with zero attached hydrogens (tertiary/aromatic N) is 3. The van der Waals surface area contributed by atoms with Crippen molar-refractivity contribution in [2.24, 2.45) is 0 Å². The number of anilines is 1. The minimum atomic E-state index is -0.409. The van der Waals surface area contributed by atoms with Crippen molar-refractivity contribution in [3.8, 4) is 5.75 Å². The van der Waals surface area contributed by atoms with Gasteiger partial charge >= 0.3 is 0 Å². The first-order valence-electron chi connectivity index (χ1n) is 10.8. The van der Waals surface area contributed by atoms with Gasteiger partial charge in [0.05, 0.1) is 7.11 Å². The van der Waals surface area contributed by atoms with Crippen LogP contribution in [0.2, 0.25) is 0 Å². The summed E-state index contributed by atoms with van der Waals surface area (Å²) in [5, 5.41) is -0.0243. The second-order valence-electron chi connectivity index (χ2n) is 8.26. The molecule has 2 saturated heterocycles. The molecule has 1 aromatic carbocycles. The fourth-order valence-electron chi connectivity index (χ4n) is 4.69. The molecular weight excluding hydrogens is 386 g/mol. The molecule has 4 rings (SSSR count). The number of unbranched alkanes of at least 4 members (excludes halogenated alkanes) is 1. The first kappa shape index (κ1) is 20.5. The average Bonchev–Trinajstić information content (AvgIpc) is 3.31. The molecule has 7 heteroatoms. The maximum absolute atomic E-state index is 12.7. The summed E-state index contributed by atoms with van der Waals surface area (Å²) in [4.78, 5) is 31.4. The van der Waals surface area contributed by atoms with Crippen molar-refractivity contribution >= 4 is 28.6 Å². The summed E-state index contributed by atoms with van der Waals surface area (Å²) in [7, 11) is 1.70. The second-order valence-corrected chi connectivity index (χ2v) is 9.60. The van der Waals surface area contributed by atoms with Gasteiger partial charge in [0.1, 0.15) is 10.5 Å². The molecule has 1 aromatic rings. The summed E-state index contributed by atoms with van der Waals surface area (Å²) in [6, 6.07) is 8.24. The van der Waals surface area contributed by atoms with Crippen LogP contribution in [0.25, 0.3) is 0 Å². The summed E-state index contributed by atoms with van der Waals surface area (Å²) in [6.45, 7) is 5.71. The van der Waals surface area contributed by atoms with E-state index in [9.17, 15) is 9.59 Å².